The molecule has 2 aromatic rings. The highest BCUT2D eigenvalue weighted by atomic mass is 32.2. The van der Waals surface area contributed by atoms with Crippen molar-refractivity contribution < 1.29 is 31.0 Å². The number of hydrogen-bond donors (Lipinski definition) is 3. The quantitative estimate of drug-likeness (QED) is 0.728. The number of hydrogen-bond acceptors (Lipinski definition) is 5. The smallest absolute Gasteiger partial charge is 0.296 e. The molecule has 0 spiro atoms. The van der Waals surface area contributed by atoms with E-state index in [0.29, 0.717) is 6.07 Å². The van der Waals surface area contributed by atoms with Gasteiger partial charge in [-0.1, -0.05) is 30.3 Å². The molecule has 0 bridgehead atoms. The van der Waals surface area contributed by atoms with Crippen molar-refractivity contribution in [2.75, 3.05) is 0 Å². The summed E-state index contributed by atoms with van der Waals surface area (Å²) in [6.07, 6.45) is 0. The summed E-state index contributed by atoms with van der Waals surface area (Å²) in [4.78, 5) is -2.09. The first kappa shape index (κ1) is 15.4. The monoisotopic (exact) mass is 330 g/mol. The van der Waals surface area contributed by atoms with Crippen LogP contribution in [0.1, 0.15) is 0 Å². The van der Waals surface area contributed by atoms with Gasteiger partial charge in [0, 0.05) is 5.56 Å². The Labute approximate surface area is 121 Å². The molecule has 0 radical (unpaired) electrons. The summed E-state index contributed by atoms with van der Waals surface area (Å²) in [5.41, 5.74) is -0.249. The summed E-state index contributed by atoms with van der Waals surface area (Å²) in [6.45, 7) is 0. The van der Waals surface area contributed by atoms with Gasteiger partial charge in [0.25, 0.3) is 20.2 Å². The minimum absolute atomic E-state index is 0.160. The predicted octanol–water partition coefficient (Wildman–Crippen LogP) is 1.55. The fourth-order valence-corrected chi connectivity index (χ4v) is 3.91. The second-order valence-electron chi connectivity index (χ2n) is 4.10. The summed E-state index contributed by atoms with van der Waals surface area (Å²) in [5, 5.41) is 9.85. The number of benzene rings is 2. The van der Waals surface area contributed by atoms with Crippen molar-refractivity contribution in [3.05, 3.63) is 42.5 Å². The molecule has 0 aliphatic carbocycles. The third-order valence-electron chi connectivity index (χ3n) is 2.70. The van der Waals surface area contributed by atoms with Crippen LogP contribution in [-0.4, -0.2) is 31.0 Å². The van der Waals surface area contributed by atoms with E-state index in [4.69, 9.17) is 4.55 Å². The zero-order chi connectivity index (χ0) is 15.8. The average molecular weight is 330 g/mol. The van der Waals surface area contributed by atoms with Crippen LogP contribution in [0.2, 0.25) is 0 Å². The first-order valence-electron chi connectivity index (χ1n) is 5.49. The van der Waals surface area contributed by atoms with Crippen molar-refractivity contribution in [1.29, 1.82) is 0 Å². The standard InChI is InChI=1S/C12H10O7S2/c13-9-6-7-10(20(14,15)16)12(21(17,18)19)11(9)8-4-2-1-3-5-8/h1-7,13H,(H,14,15,16)(H,17,18,19). The maximum absolute atomic E-state index is 11.5. The number of phenolic OH excluding ortho intramolecular Hbond substituents is 1. The average Bonchev–Trinajstić information content (AvgIpc) is 2.36. The molecule has 2 rings (SSSR count). The molecule has 0 saturated carbocycles. The van der Waals surface area contributed by atoms with Gasteiger partial charge in [0.15, 0.2) is 0 Å². The van der Waals surface area contributed by atoms with Gasteiger partial charge in [0.2, 0.25) is 0 Å². The Hall–Kier alpha value is -1.94. The zero-order valence-electron chi connectivity index (χ0n) is 10.3. The van der Waals surface area contributed by atoms with Crippen molar-refractivity contribution in [3.8, 4) is 16.9 Å². The van der Waals surface area contributed by atoms with Crippen molar-refractivity contribution in [2.45, 2.75) is 9.79 Å². The number of aromatic hydroxyl groups is 1. The molecular formula is C12H10O7S2. The molecule has 7 nitrogen and oxygen atoms in total. The SMILES string of the molecule is O=S(=O)(O)c1ccc(O)c(-c2ccccc2)c1S(=O)(=O)O. The molecular weight excluding hydrogens is 320 g/mol. The lowest BCUT2D eigenvalue weighted by molar-refractivity contribution is 0.458. The molecule has 21 heavy (non-hydrogen) atoms. The minimum Gasteiger partial charge on any atom is -0.507 e. The van der Waals surface area contributed by atoms with E-state index in [1.54, 1.807) is 6.07 Å². The third kappa shape index (κ3) is 3.05. The Balaban J connectivity index is 3.01. The fraction of sp³-hybridized carbons (Fsp3) is 0. The first-order chi connectivity index (χ1) is 9.62. The number of rotatable bonds is 3. The molecule has 0 aliphatic heterocycles. The van der Waals surface area contributed by atoms with Crippen LogP contribution < -0.4 is 0 Å². The summed E-state index contributed by atoms with van der Waals surface area (Å²) >= 11 is 0. The second kappa shape index (κ2) is 5.11. The Bertz CT molecular complexity index is 885. The van der Waals surface area contributed by atoms with E-state index in [9.17, 15) is 26.5 Å². The third-order valence-corrected chi connectivity index (χ3v) is 4.66. The Morgan fingerprint density at radius 2 is 1.33 bits per heavy atom. The highest BCUT2D eigenvalue weighted by molar-refractivity contribution is 7.89. The lowest BCUT2D eigenvalue weighted by Gasteiger charge is -2.12. The van der Waals surface area contributed by atoms with Gasteiger partial charge in [-0.25, -0.2) is 0 Å². The maximum atomic E-state index is 11.5. The van der Waals surface area contributed by atoms with Gasteiger partial charge in [0.05, 0.1) is 0 Å². The minimum atomic E-state index is -5.02. The first-order valence-corrected chi connectivity index (χ1v) is 8.37. The molecule has 0 amide bonds. The van der Waals surface area contributed by atoms with Crippen LogP contribution in [0.15, 0.2) is 52.3 Å². The van der Waals surface area contributed by atoms with Crippen LogP contribution in [-0.2, 0) is 20.2 Å². The van der Waals surface area contributed by atoms with Gasteiger partial charge in [-0.3, -0.25) is 9.11 Å². The largest absolute Gasteiger partial charge is 0.507 e. The summed E-state index contributed by atoms with van der Waals surface area (Å²) in [6, 6.07) is 9.13. The van der Waals surface area contributed by atoms with E-state index < -0.39 is 41.3 Å². The van der Waals surface area contributed by atoms with Crippen LogP contribution in [0.4, 0.5) is 0 Å². The van der Waals surface area contributed by atoms with Crippen molar-refractivity contribution in [1.82, 2.24) is 0 Å². The van der Waals surface area contributed by atoms with Gasteiger partial charge in [-0.2, -0.15) is 16.8 Å². The van der Waals surface area contributed by atoms with Crippen LogP contribution in [0.3, 0.4) is 0 Å². The predicted molar refractivity (Wildman–Crippen MR) is 73.2 cm³/mol. The number of phenols is 1. The molecule has 9 heteroatoms. The maximum Gasteiger partial charge on any atom is 0.296 e. The van der Waals surface area contributed by atoms with Crippen molar-refractivity contribution in [3.63, 3.8) is 0 Å². The van der Waals surface area contributed by atoms with Gasteiger partial charge in [0.1, 0.15) is 15.5 Å². The Morgan fingerprint density at radius 1 is 0.762 bits per heavy atom. The molecule has 0 aromatic heterocycles. The lowest BCUT2D eigenvalue weighted by Crippen LogP contribution is -2.10. The van der Waals surface area contributed by atoms with E-state index in [0.717, 1.165) is 6.07 Å². The van der Waals surface area contributed by atoms with E-state index in [1.807, 2.05) is 0 Å². The van der Waals surface area contributed by atoms with E-state index in [2.05, 4.69) is 0 Å². The molecule has 3 N–H and O–H groups in total. The van der Waals surface area contributed by atoms with E-state index in [1.165, 1.54) is 24.3 Å². The second-order valence-corrected chi connectivity index (χ2v) is 6.85. The Kier molecular flexibility index (Phi) is 3.76. The van der Waals surface area contributed by atoms with Crippen LogP contribution in [0.25, 0.3) is 11.1 Å². The van der Waals surface area contributed by atoms with Crippen LogP contribution in [0, 0.1) is 0 Å². The molecule has 112 valence electrons. The lowest BCUT2D eigenvalue weighted by atomic mass is 10.0. The molecule has 0 unspecified atom stereocenters. The molecule has 0 saturated heterocycles. The molecule has 2 aromatic carbocycles. The normalized spacial score (nSPS) is 12.3. The van der Waals surface area contributed by atoms with Crippen LogP contribution in [0.5, 0.6) is 5.75 Å². The van der Waals surface area contributed by atoms with Gasteiger partial charge in [-0.15, -0.1) is 0 Å². The summed E-state index contributed by atoms with van der Waals surface area (Å²) in [7, 11) is -9.93. The van der Waals surface area contributed by atoms with Crippen LogP contribution >= 0.6 is 0 Å². The topological polar surface area (TPSA) is 129 Å². The molecule has 0 heterocycles. The van der Waals surface area contributed by atoms with Gasteiger partial charge >= 0.3 is 0 Å². The molecule has 0 fully saturated rings. The summed E-state index contributed by atoms with van der Waals surface area (Å²) < 4.78 is 64.0. The van der Waals surface area contributed by atoms with Gasteiger partial charge in [-0.05, 0) is 17.7 Å². The van der Waals surface area contributed by atoms with Crippen molar-refractivity contribution in [2.24, 2.45) is 0 Å². The summed E-state index contributed by atoms with van der Waals surface area (Å²) in [5.74, 6) is -0.554. The van der Waals surface area contributed by atoms with E-state index >= 15 is 0 Å². The highest BCUT2D eigenvalue weighted by Crippen LogP contribution is 2.38. The van der Waals surface area contributed by atoms with E-state index in [-0.39, 0.29) is 5.56 Å². The molecule has 0 atom stereocenters. The van der Waals surface area contributed by atoms with Crippen molar-refractivity contribution >= 4 is 20.2 Å². The zero-order valence-corrected chi connectivity index (χ0v) is 12.0. The highest BCUT2D eigenvalue weighted by Gasteiger charge is 2.29. The molecule has 0 aliphatic rings. The van der Waals surface area contributed by atoms with Gasteiger partial charge < -0.3 is 5.11 Å². The fourth-order valence-electron chi connectivity index (χ4n) is 1.90. The Morgan fingerprint density at radius 3 is 1.81 bits per heavy atom.